The Kier molecular flexibility index (Phi) is 6.23. The van der Waals surface area contributed by atoms with E-state index in [1.807, 2.05) is 0 Å². The molecular formula is C19H23NO8S. The number of ether oxygens (including phenoxy) is 3. The molecule has 10 heteroatoms. The molecule has 0 aliphatic carbocycles. The number of sulfonamides is 1. The highest BCUT2D eigenvalue weighted by atomic mass is 32.2. The molecule has 9 nitrogen and oxygen atoms in total. The minimum Gasteiger partial charge on any atom is -0.465 e. The molecule has 1 aromatic carbocycles. The van der Waals surface area contributed by atoms with Gasteiger partial charge in [-0.25, -0.2) is 18.0 Å². The average Bonchev–Trinajstić information content (AvgIpc) is 3.04. The number of esters is 3. The third-order valence-electron chi connectivity index (χ3n) is 5.08. The number of methoxy groups -OCH3 is 1. The molecule has 0 radical (unpaired) electrons. The van der Waals surface area contributed by atoms with E-state index in [0.29, 0.717) is 6.42 Å². The number of nitrogens with zero attached hydrogens (tertiary/aromatic N) is 1. The number of hydrogen-bond acceptors (Lipinski definition) is 8. The maximum absolute atomic E-state index is 13.0. The van der Waals surface area contributed by atoms with E-state index in [1.54, 1.807) is 13.0 Å². The summed E-state index contributed by atoms with van der Waals surface area (Å²) in [7, 11) is -2.74. The van der Waals surface area contributed by atoms with E-state index >= 15 is 0 Å². The number of benzene rings is 1. The molecule has 3 rings (SSSR count). The van der Waals surface area contributed by atoms with E-state index < -0.39 is 40.0 Å². The van der Waals surface area contributed by atoms with Crippen LogP contribution in [0.1, 0.15) is 36.5 Å². The highest BCUT2D eigenvalue weighted by Crippen LogP contribution is 2.28. The zero-order valence-electron chi connectivity index (χ0n) is 16.2. The van der Waals surface area contributed by atoms with Gasteiger partial charge in [0.1, 0.15) is 6.10 Å². The highest BCUT2D eigenvalue weighted by Gasteiger charge is 2.39. The standard InChI is InChI=1S/C19H23NO8S/c1-12-11-15(19(23)27-12)28-17(21)13-7-9-20(10-8-13)29(24,25)16-6-4-3-5-14(16)18(22)26-2/h3-6,12-13,15H,7-11H2,1-2H3/t12-,15+/m0/s1. The van der Waals surface area contributed by atoms with E-state index in [1.165, 1.54) is 29.6 Å². The van der Waals surface area contributed by atoms with Gasteiger partial charge in [0.25, 0.3) is 0 Å². The molecule has 2 aliphatic heterocycles. The molecule has 158 valence electrons. The van der Waals surface area contributed by atoms with Crippen molar-refractivity contribution >= 4 is 27.9 Å². The fourth-order valence-electron chi connectivity index (χ4n) is 3.49. The summed E-state index contributed by atoms with van der Waals surface area (Å²) in [6, 6.07) is 5.84. The fourth-order valence-corrected chi connectivity index (χ4v) is 5.14. The van der Waals surface area contributed by atoms with Crippen LogP contribution in [0.15, 0.2) is 29.2 Å². The smallest absolute Gasteiger partial charge is 0.347 e. The lowest BCUT2D eigenvalue weighted by molar-refractivity contribution is -0.164. The molecule has 2 aliphatic rings. The van der Waals surface area contributed by atoms with Gasteiger partial charge in [-0.3, -0.25) is 4.79 Å². The first-order valence-corrected chi connectivity index (χ1v) is 10.8. The third-order valence-corrected chi connectivity index (χ3v) is 7.04. The molecule has 2 fully saturated rings. The summed E-state index contributed by atoms with van der Waals surface area (Å²) in [6.45, 7) is 1.92. The van der Waals surface area contributed by atoms with E-state index in [0.717, 1.165) is 0 Å². The molecular weight excluding hydrogens is 402 g/mol. The van der Waals surface area contributed by atoms with Crippen LogP contribution in [-0.2, 0) is 33.8 Å². The second-order valence-corrected chi connectivity index (χ2v) is 8.98. The first-order valence-electron chi connectivity index (χ1n) is 9.32. The Morgan fingerprint density at radius 1 is 1.17 bits per heavy atom. The molecule has 1 aromatic rings. The van der Waals surface area contributed by atoms with Gasteiger partial charge in [-0.1, -0.05) is 12.1 Å². The van der Waals surface area contributed by atoms with Crippen LogP contribution >= 0.6 is 0 Å². The molecule has 2 heterocycles. The van der Waals surface area contributed by atoms with Crippen molar-refractivity contribution in [3.63, 3.8) is 0 Å². The summed E-state index contributed by atoms with van der Waals surface area (Å²) < 4.78 is 42.1. The molecule has 0 N–H and O–H groups in total. The quantitative estimate of drug-likeness (QED) is 0.509. The Balaban J connectivity index is 1.65. The molecule has 0 saturated carbocycles. The highest BCUT2D eigenvalue weighted by molar-refractivity contribution is 7.89. The van der Waals surface area contributed by atoms with Gasteiger partial charge in [0.15, 0.2) is 0 Å². The summed E-state index contributed by atoms with van der Waals surface area (Å²) in [5.74, 6) is -2.31. The lowest BCUT2D eigenvalue weighted by Crippen LogP contribution is -2.41. The number of rotatable bonds is 5. The van der Waals surface area contributed by atoms with Crippen molar-refractivity contribution in [2.45, 2.75) is 43.3 Å². The number of carbonyl (C=O) groups excluding carboxylic acids is 3. The maximum Gasteiger partial charge on any atom is 0.347 e. The maximum atomic E-state index is 13.0. The number of piperidine rings is 1. The third kappa shape index (κ3) is 4.43. The normalized spacial score (nSPS) is 23.4. The monoisotopic (exact) mass is 425 g/mol. The van der Waals surface area contributed by atoms with Crippen LogP contribution in [0.2, 0.25) is 0 Å². The lowest BCUT2D eigenvalue weighted by Gasteiger charge is -2.30. The van der Waals surface area contributed by atoms with Gasteiger partial charge in [0.05, 0.1) is 23.5 Å². The predicted octanol–water partition coefficient (Wildman–Crippen LogP) is 1.12. The van der Waals surface area contributed by atoms with Crippen molar-refractivity contribution in [1.29, 1.82) is 0 Å². The molecule has 0 aromatic heterocycles. The first-order chi connectivity index (χ1) is 13.7. The summed E-state index contributed by atoms with van der Waals surface area (Å²) in [5.41, 5.74) is -0.0367. The van der Waals surface area contributed by atoms with Gasteiger partial charge < -0.3 is 14.2 Å². The summed E-state index contributed by atoms with van der Waals surface area (Å²) in [4.78, 5) is 35.8. The second-order valence-electron chi connectivity index (χ2n) is 7.07. The Morgan fingerprint density at radius 3 is 2.41 bits per heavy atom. The molecule has 0 bridgehead atoms. The van der Waals surface area contributed by atoms with E-state index in [4.69, 9.17) is 9.47 Å². The topological polar surface area (TPSA) is 116 Å². The minimum absolute atomic E-state index is 0.0367. The van der Waals surface area contributed by atoms with Crippen LogP contribution in [0.25, 0.3) is 0 Å². The van der Waals surface area contributed by atoms with Crippen LogP contribution in [0.5, 0.6) is 0 Å². The van der Waals surface area contributed by atoms with Crippen LogP contribution in [0, 0.1) is 5.92 Å². The summed E-state index contributed by atoms with van der Waals surface area (Å²) >= 11 is 0. The molecule has 0 unspecified atom stereocenters. The second kappa shape index (κ2) is 8.50. The van der Waals surface area contributed by atoms with Crippen molar-refractivity contribution in [1.82, 2.24) is 4.31 Å². The lowest BCUT2D eigenvalue weighted by atomic mass is 9.98. The fraction of sp³-hybridized carbons (Fsp3) is 0.526. The van der Waals surface area contributed by atoms with Gasteiger partial charge in [0.2, 0.25) is 16.1 Å². The van der Waals surface area contributed by atoms with Gasteiger partial charge >= 0.3 is 17.9 Å². The summed E-state index contributed by atoms with van der Waals surface area (Å²) in [6.07, 6.45) is -0.346. The predicted molar refractivity (Wildman–Crippen MR) is 99.3 cm³/mol. The van der Waals surface area contributed by atoms with Crippen LogP contribution in [0.4, 0.5) is 0 Å². The zero-order valence-corrected chi connectivity index (χ0v) is 17.0. The van der Waals surface area contributed by atoms with Crippen LogP contribution in [-0.4, -0.2) is 63.0 Å². The Labute approximate surface area is 169 Å². The van der Waals surface area contributed by atoms with E-state index in [-0.39, 0.29) is 42.5 Å². The Morgan fingerprint density at radius 2 is 1.83 bits per heavy atom. The van der Waals surface area contributed by atoms with Crippen molar-refractivity contribution in [3.8, 4) is 0 Å². The van der Waals surface area contributed by atoms with Crippen LogP contribution in [0.3, 0.4) is 0 Å². The summed E-state index contributed by atoms with van der Waals surface area (Å²) in [5, 5.41) is 0. The Hall–Kier alpha value is -2.46. The van der Waals surface area contributed by atoms with E-state index in [2.05, 4.69) is 4.74 Å². The molecule has 2 saturated heterocycles. The minimum atomic E-state index is -3.93. The molecule has 0 amide bonds. The van der Waals surface area contributed by atoms with Crippen molar-refractivity contribution in [2.24, 2.45) is 5.92 Å². The zero-order chi connectivity index (χ0) is 21.2. The number of hydrogen-bond donors (Lipinski definition) is 0. The van der Waals surface area contributed by atoms with Gasteiger partial charge in [-0.05, 0) is 31.9 Å². The van der Waals surface area contributed by atoms with Gasteiger partial charge in [0, 0.05) is 19.5 Å². The van der Waals surface area contributed by atoms with Crippen molar-refractivity contribution < 1.29 is 37.0 Å². The number of cyclic esters (lactones) is 1. The molecule has 2 atom stereocenters. The molecule has 0 spiro atoms. The van der Waals surface area contributed by atoms with E-state index in [9.17, 15) is 22.8 Å². The SMILES string of the molecule is COC(=O)c1ccccc1S(=O)(=O)N1CCC(C(=O)O[C@@H]2C[C@H](C)OC2=O)CC1. The van der Waals surface area contributed by atoms with Crippen molar-refractivity contribution in [3.05, 3.63) is 29.8 Å². The van der Waals surface area contributed by atoms with Gasteiger partial charge in [-0.15, -0.1) is 0 Å². The molecule has 29 heavy (non-hydrogen) atoms. The average molecular weight is 425 g/mol. The van der Waals surface area contributed by atoms with Gasteiger partial charge in [-0.2, -0.15) is 4.31 Å². The largest absolute Gasteiger partial charge is 0.465 e. The van der Waals surface area contributed by atoms with Crippen LogP contribution < -0.4 is 0 Å². The van der Waals surface area contributed by atoms with Crippen molar-refractivity contribution in [2.75, 3.05) is 20.2 Å². The Bertz CT molecular complexity index is 905. The first kappa shape index (κ1) is 21.3. The number of carbonyl (C=O) groups is 3.